The van der Waals surface area contributed by atoms with Crippen LogP contribution in [0.3, 0.4) is 0 Å². The Hall–Kier alpha value is -2.76. The fraction of sp³-hybridized carbons (Fsp3) is 0.407. The molecule has 2 unspecified atom stereocenters. The summed E-state index contributed by atoms with van der Waals surface area (Å²) < 4.78 is 1.91. The molecule has 1 saturated heterocycles. The maximum Gasteiger partial charge on any atom is 0.257 e. The summed E-state index contributed by atoms with van der Waals surface area (Å²) in [7, 11) is 0. The molecule has 32 heavy (non-hydrogen) atoms. The van der Waals surface area contributed by atoms with Crippen LogP contribution in [0.1, 0.15) is 52.7 Å². The van der Waals surface area contributed by atoms with Crippen molar-refractivity contribution >= 4 is 0 Å². The third-order valence-electron chi connectivity index (χ3n) is 6.74. The van der Waals surface area contributed by atoms with Crippen LogP contribution in [-0.4, -0.2) is 40.6 Å². The summed E-state index contributed by atoms with van der Waals surface area (Å²) in [4.78, 5) is 21.1. The van der Waals surface area contributed by atoms with E-state index in [1.54, 1.807) is 0 Å². The summed E-state index contributed by atoms with van der Waals surface area (Å²) in [6.07, 6.45) is 0. The minimum Gasteiger partial charge on any atom is -0.314 e. The summed E-state index contributed by atoms with van der Waals surface area (Å²) >= 11 is 0. The quantitative estimate of drug-likeness (QED) is 0.643. The normalized spacial score (nSPS) is 16.6. The Kier molecular flexibility index (Phi) is 6.87. The maximum atomic E-state index is 13.5. The molecule has 2 atom stereocenters. The minimum absolute atomic E-state index is 0.0236. The van der Waals surface area contributed by atoms with E-state index in [9.17, 15) is 4.79 Å². The SMILES string of the molecule is Cc1ccc(C(C)C(c2nc(C)c(C)c(=O)n2Cc2ccccc2)N2CCNCC2)cc1. The van der Waals surface area contributed by atoms with Crippen LogP contribution < -0.4 is 10.9 Å². The Morgan fingerprint density at radius 3 is 2.28 bits per heavy atom. The standard InChI is InChI=1S/C27H34N4O/c1-19-10-12-24(13-11-19)21(3)25(30-16-14-28-15-17-30)26-29-22(4)20(2)27(32)31(26)18-23-8-6-5-7-9-23/h5-13,21,25,28H,14-18H2,1-4H3. The van der Waals surface area contributed by atoms with Crippen LogP contribution in [-0.2, 0) is 6.54 Å². The number of aryl methyl sites for hydroxylation is 2. The van der Waals surface area contributed by atoms with Crippen LogP contribution in [0.15, 0.2) is 59.4 Å². The third kappa shape index (κ3) is 4.69. The summed E-state index contributed by atoms with van der Waals surface area (Å²) in [5, 5.41) is 3.46. The molecule has 0 bridgehead atoms. The number of hydrogen-bond acceptors (Lipinski definition) is 4. The maximum absolute atomic E-state index is 13.5. The molecule has 2 heterocycles. The van der Waals surface area contributed by atoms with Gasteiger partial charge in [0.15, 0.2) is 0 Å². The van der Waals surface area contributed by atoms with Crippen molar-refractivity contribution in [3.8, 4) is 0 Å². The summed E-state index contributed by atoms with van der Waals surface area (Å²) in [5.74, 6) is 1.07. The van der Waals surface area contributed by atoms with Crippen LogP contribution in [0, 0.1) is 20.8 Å². The van der Waals surface area contributed by atoms with Crippen molar-refractivity contribution in [3.05, 3.63) is 98.7 Å². The zero-order chi connectivity index (χ0) is 22.7. The number of hydrogen-bond donors (Lipinski definition) is 1. The highest BCUT2D eigenvalue weighted by molar-refractivity contribution is 5.28. The molecule has 1 aliphatic rings. The second-order valence-corrected chi connectivity index (χ2v) is 8.99. The molecule has 0 spiro atoms. The first-order valence-corrected chi connectivity index (χ1v) is 11.6. The van der Waals surface area contributed by atoms with Gasteiger partial charge in [0.05, 0.1) is 12.6 Å². The van der Waals surface area contributed by atoms with Gasteiger partial charge in [-0.3, -0.25) is 14.3 Å². The number of piperazine rings is 1. The lowest BCUT2D eigenvalue weighted by molar-refractivity contribution is 0.143. The lowest BCUT2D eigenvalue weighted by Gasteiger charge is -2.39. The van der Waals surface area contributed by atoms with E-state index in [2.05, 4.69) is 60.5 Å². The summed E-state index contributed by atoms with van der Waals surface area (Å²) in [6.45, 7) is 12.5. The summed E-state index contributed by atoms with van der Waals surface area (Å²) in [5.41, 5.74) is 5.26. The number of rotatable bonds is 6. The van der Waals surface area contributed by atoms with Gasteiger partial charge in [0, 0.05) is 43.4 Å². The molecule has 1 aliphatic heterocycles. The molecule has 1 aromatic heterocycles. The van der Waals surface area contributed by atoms with Gasteiger partial charge in [0.2, 0.25) is 0 Å². The highest BCUT2D eigenvalue weighted by Gasteiger charge is 2.32. The average Bonchev–Trinajstić information content (AvgIpc) is 2.82. The molecule has 1 fully saturated rings. The molecular formula is C27H34N4O. The minimum atomic E-state index is 0.0236. The second kappa shape index (κ2) is 9.80. The predicted octanol–water partition coefficient (Wildman–Crippen LogP) is 3.97. The van der Waals surface area contributed by atoms with Crippen molar-refractivity contribution in [3.63, 3.8) is 0 Å². The topological polar surface area (TPSA) is 50.2 Å². The Morgan fingerprint density at radius 1 is 0.969 bits per heavy atom. The molecule has 168 valence electrons. The average molecular weight is 431 g/mol. The van der Waals surface area contributed by atoms with E-state index in [1.165, 1.54) is 11.1 Å². The van der Waals surface area contributed by atoms with Gasteiger partial charge < -0.3 is 5.32 Å². The van der Waals surface area contributed by atoms with E-state index >= 15 is 0 Å². The molecule has 3 aromatic rings. The number of benzene rings is 2. The van der Waals surface area contributed by atoms with Crippen LogP contribution in [0.25, 0.3) is 0 Å². The Morgan fingerprint density at radius 2 is 1.62 bits per heavy atom. The molecule has 0 saturated carbocycles. The van der Waals surface area contributed by atoms with Gasteiger partial charge in [-0.1, -0.05) is 67.1 Å². The van der Waals surface area contributed by atoms with Crippen molar-refractivity contribution in [1.29, 1.82) is 0 Å². The van der Waals surface area contributed by atoms with E-state index in [0.717, 1.165) is 48.8 Å². The highest BCUT2D eigenvalue weighted by atomic mass is 16.1. The molecule has 2 aromatic carbocycles. The first kappa shape index (κ1) is 22.4. The van der Waals surface area contributed by atoms with Crippen molar-refractivity contribution in [2.75, 3.05) is 26.2 Å². The third-order valence-corrected chi connectivity index (χ3v) is 6.74. The van der Waals surface area contributed by atoms with Crippen LogP contribution in [0.4, 0.5) is 0 Å². The molecular weight excluding hydrogens is 396 g/mol. The van der Waals surface area contributed by atoms with Gasteiger partial charge in [-0.05, 0) is 31.9 Å². The van der Waals surface area contributed by atoms with Crippen molar-refractivity contribution in [2.45, 2.75) is 46.2 Å². The largest absolute Gasteiger partial charge is 0.314 e. The zero-order valence-corrected chi connectivity index (χ0v) is 19.6. The summed E-state index contributed by atoms with van der Waals surface area (Å²) in [6, 6.07) is 19.0. The first-order chi connectivity index (χ1) is 15.5. The molecule has 0 aliphatic carbocycles. The monoisotopic (exact) mass is 430 g/mol. The van der Waals surface area contributed by atoms with Gasteiger partial charge in [-0.15, -0.1) is 0 Å². The van der Waals surface area contributed by atoms with Crippen LogP contribution >= 0.6 is 0 Å². The fourth-order valence-corrected chi connectivity index (χ4v) is 4.64. The fourth-order valence-electron chi connectivity index (χ4n) is 4.64. The van der Waals surface area contributed by atoms with E-state index in [1.807, 2.05) is 36.6 Å². The molecule has 0 amide bonds. The Bertz CT molecular complexity index is 1100. The van der Waals surface area contributed by atoms with Gasteiger partial charge in [0.25, 0.3) is 5.56 Å². The second-order valence-electron chi connectivity index (χ2n) is 8.99. The van der Waals surface area contributed by atoms with E-state index < -0.39 is 0 Å². The predicted molar refractivity (Wildman–Crippen MR) is 130 cm³/mol. The van der Waals surface area contributed by atoms with E-state index in [-0.39, 0.29) is 17.5 Å². The molecule has 5 heteroatoms. The smallest absolute Gasteiger partial charge is 0.257 e. The lowest BCUT2D eigenvalue weighted by Crippen LogP contribution is -2.48. The van der Waals surface area contributed by atoms with E-state index in [4.69, 9.17) is 4.98 Å². The molecule has 5 nitrogen and oxygen atoms in total. The van der Waals surface area contributed by atoms with Gasteiger partial charge in [-0.2, -0.15) is 0 Å². The number of aromatic nitrogens is 2. The molecule has 0 radical (unpaired) electrons. The van der Waals surface area contributed by atoms with Crippen molar-refractivity contribution < 1.29 is 0 Å². The van der Waals surface area contributed by atoms with Crippen molar-refractivity contribution in [1.82, 2.24) is 19.8 Å². The highest BCUT2D eigenvalue weighted by Crippen LogP contribution is 2.35. The molecule has 4 rings (SSSR count). The van der Waals surface area contributed by atoms with Gasteiger partial charge >= 0.3 is 0 Å². The number of nitrogens with zero attached hydrogens (tertiary/aromatic N) is 3. The van der Waals surface area contributed by atoms with Crippen LogP contribution in [0.2, 0.25) is 0 Å². The number of nitrogens with one attached hydrogen (secondary N) is 1. The van der Waals surface area contributed by atoms with Crippen molar-refractivity contribution in [2.24, 2.45) is 0 Å². The van der Waals surface area contributed by atoms with Crippen LogP contribution in [0.5, 0.6) is 0 Å². The van der Waals surface area contributed by atoms with E-state index in [0.29, 0.717) is 6.54 Å². The Labute approximate surface area is 191 Å². The zero-order valence-electron chi connectivity index (χ0n) is 19.6. The molecule has 1 N–H and O–H groups in total. The first-order valence-electron chi connectivity index (χ1n) is 11.6. The van der Waals surface area contributed by atoms with Gasteiger partial charge in [0.1, 0.15) is 5.82 Å². The lowest BCUT2D eigenvalue weighted by atomic mass is 9.90. The van der Waals surface area contributed by atoms with Gasteiger partial charge in [-0.25, -0.2) is 4.98 Å². The Balaban J connectivity index is 1.85.